The van der Waals surface area contributed by atoms with Gasteiger partial charge < -0.3 is 19.4 Å². The van der Waals surface area contributed by atoms with Crippen LogP contribution in [0, 0.1) is 0 Å². The number of fused-ring (bicyclic) bond motifs is 1. The van der Waals surface area contributed by atoms with E-state index in [1.54, 1.807) is 53.4 Å². The van der Waals surface area contributed by atoms with Gasteiger partial charge >= 0.3 is 6.36 Å². The molecule has 6 rings (SSSR count). The molecule has 10 nitrogen and oxygen atoms in total. The number of piperazine rings is 1. The van der Waals surface area contributed by atoms with Crippen molar-refractivity contribution in [3.05, 3.63) is 95.2 Å². The van der Waals surface area contributed by atoms with Crippen LogP contribution in [0.1, 0.15) is 44.9 Å². The summed E-state index contributed by atoms with van der Waals surface area (Å²) < 4.78 is 71.4. The quantitative estimate of drug-likeness (QED) is 0.258. The van der Waals surface area contributed by atoms with Crippen molar-refractivity contribution in [3.8, 4) is 5.75 Å². The summed E-state index contributed by atoms with van der Waals surface area (Å²) >= 11 is 0. The number of ether oxygens (including phenoxy) is 1. The number of benzene rings is 3. The molecule has 2 aliphatic heterocycles. The number of likely N-dealkylation sites (tertiary alicyclic amines) is 1. The third-order valence-electron chi connectivity index (χ3n) is 8.84. The Morgan fingerprint density at radius 1 is 0.857 bits per heavy atom. The van der Waals surface area contributed by atoms with Gasteiger partial charge in [0.05, 0.1) is 4.90 Å². The van der Waals surface area contributed by atoms with E-state index < -0.39 is 16.2 Å². The van der Waals surface area contributed by atoms with Gasteiger partial charge in [0, 0.05) is 75.6 Å². The van der Waals surface area contributed by atoms with E-state index in [-0.39, 0.29) is 29.4 Å². The van der Waals surface area contributed by atoms with Crippen LogP contribution < -0.4 is 10.1 Å². The standard InChI is InChI=1S/C35H37F3N4O6S/c1-49(45,46)30-7-3-5-25(19-30)23-41-14-16-42(17-15-41)34(44)26-8-9-31-27(20-26)21-32(47-31)33(43)39-28-10-12-40(13-11-28)22-24-4-2-6-29(18-24)48-35(36,37)38/h2-9,18-21,28H,10-17,22-23H2,1H3,(H,39,43). The molecular formula is C35H37F3N4O6S. The largest absolute Gasteiger partial charge is 0.573 e. The molecule has 2 fully saturated rings. The summed E-state index contributed by atoms with van der Waals surface area (Å²) in [5, 5.41) is 3.67. The van der Waals surface area contributed by atoms with Gasteiger partial charge in [-0.15, -0.1) is 13.2 Å². The summed E-state index contributed by atoms with van der Waals surface area (Å²) in [4.78, 5) is 32.8. The van der Waals surface area contributed by atoms with Crippen molar-refractivity contribution in [1.29, 1.82) is 0 Å². The minimum atomic E-state index is -4.74. The molecule has 49 heavy (non-hydrogen) atoms. The molecule has 14 heteroatoms. The van der Waals surface area contributed by atoms with Crippen LogP contribution in [0.5, 0.6) is 5.75 Å². The van der Waals surface area contributed by atoms with E-state index in [2.05, 4.69) is 19.9 Å². The van der Waals surface area contributed by atoms with Crippen LogP contribution in [0.2, 0.25) is 0 Å². The highest BCUT2D eigenvalue weighted by Crippen LogP contribution is 2.26. The van der Waals surface area contributed by atoms with Crippen LogP contribution >= 0.6 is 0 Å². The van der Waals surface area contributed by atoms with Gasteiger partial charge in [-0.2, -0.15) is 0 Å². The number of nitrogens with one attached hydrogen (secondary N) is 1. The lowest BCUT2D eigenvalue weighted by atomic mass is 10.0. The van der Waals surface area contributed by atoms with E-state index in [1.807, 2.05) is 6.07 Å². The molecule has 0 radical (unpaired) electrons. The molecule has 1 aromatic heterocycles. The zero-order valence-corrected chi connectivity index (χ0v) is 27.7. The lowest BCUT2D eigenvalue weighted by molar-refractivity contribution is -0.274. The molecule has 3 heterocycles. The predicted octanol–water partition coefficient (Wildman–Crippen LogP) is 5.09. The number of alkyl halides is 3. The highest BCUT2D eigenvalue weighted by atomic mass is 32.2. The number of carbonyl (C=O) groups is 2. The predicted molar refractivity (Wildman–Crippen MR) is 176 cm³/mol. The number of sulfone groups is 1. The molecule has 4 aromatic rings. The normalized spacial score (nSPS) is 16.9. The van der Waals surface area contributed by atoms with Crippen LogP contribution in [-0.2, 0) is 22.9 Å². The molecule has 0 aliphatic carbocycles. The molecule has 0 atom stereocenters. The first-order valence-electron chi connectivity index (χ1n) is 16.0. The Morgan fingerprint density at radius 2 is 1.51 bits per heavy atom. The third-order valence-corrected chi connectivity index (χ3v) is 9.95. The first-order valence-corrected chi connectivity index (χ1v) is 17.9. The fourth-order valence-electron chi connectivity index (χ4n) is 6.30. The number of carbonyl (C=O) groups excluding carboxylic acids is 2. The Hall–Kier alpha value is -4.40. The van der Waals surface area contributed by atoms with Crippen LogP contribution in [0.4, 0.5) is 13.2 Å². The summed E-state index contributed by atoms with van der Waals surface area (Å²) in [6, 6.07) is 19.5. The molecule has 1 N–H and O–H groups in total. The second kappa shape index (κ2) is 14.2. The molecule has 2 amide bonds. The fraction of sp³-hybridized carbons (Fsp3) is 0.371. The van der Waals surface area contributed by atoms with Gasteiger partial charge in [0.25, 0.3) is 11.8 Å². The van der Waals surface area contributed by atoms with Gasteiger partial charge in [-0.05, 0) is 72.5 Å². The number of hydrogen-bond acceptors (Lipinski definition) is 8. The number of amides is 2. The van der Waals surface area contributed by atoms with Crippen molar-refractivity contribution in [2.24, 2.45) is 0 Å². The first kappa shape index (κ1) is 34.5. The fourth-order valence-corrected chi connectivity index (χ4v) is 6.99. The molecule has 0 unspecified atom stereocenters. The van der Waals surface area contributed by atoms with Crippen LogP contribution in [0.15, 0.2) is 82.1 Å². The highest BCUT2D eigenvalue weighted by molar-refractivity contribution is 7.90. The maximum absolute atomic E-state index is 13.4. The Bertz CT molecular complexity index is 1930. The van der Waals surface area contributed by atoms with E-state index in [0.29, 0.717) is 92.2 Å². The van der Waals surface area contributed by atoms with E-state index in [9.17, 15) is 31.2 Å². The van der Waals surface area contributed by atoms with Gasteiger partial charge in [0.15, 0.2) is 15.6 Å². The van der Waals surface area contributed by atoms with Gasteiger partial charge in [-0.1, -0.05) is 24.3 Å². The Kier molecular flexibility index (Phi) is 10.00. The Labute approximate surface area is 282 Å². The Balaban J connectivity index is 0.986. The second-order valence-corrected chi connectivity index (χ2v) is 14.6. The van der Waals surface area contributed by atoms with Crippen molar-refractivity contribution in [3.63, 3.8) is 0 Å². The maximum atomic E-state index is 13.4. The molecule has 2 aliphatic rings. The van der Waals surface area contributed by atoms with E-state index in [0.717, 1.165) is 5.56 Å². The van der Waals surface area contributed by atoms with Crippen molar-refractivity contribution in [2.75, 3.05) is 45.5 Å². The first-order chi connectivity index (χ1) is 23.3. The number of nitrogens with zero attached hydrogens (tertiary/aromatic N) is 3. The zero-order chi connectivity index (χ0) is 34.8. The van der Waals surface area contributed by atoms with Crippen LogP contribution in [-0.4, -0.2) is 92.9 Å². The summed E-state index contributed by atoms with van der Waals surface area (Å²) in [5.74, 6) is -0.560. The zero-order valence-electron chi connectivity index (χ0n) is 26.9. The molecule has 260 valence electrons. The topological polar surface area (TPSA) is 112 Å². The van der Waals surface area contributed by atoms with Crippen molar-refractivity contribution in [2.45, 2.75) is 43.2 Å². The van der Waals surface area contributed by atoms with E-state index in [1.165, 1.54) is 24.5 Å². The molecular weight excluding hydrogens is 661 g/mol. The molecule has 0 bridgehead atoms. The average Bonchev–Trinajstić information content (AvgIpc) is 3.49. The van der Waals surface area contributed by atoms with Crippen LogP contribution in [0.25, 0.3) is 11.0 Å². The van der Waals surface area contributed by atoms with Gasteiger partial charge in [0.2, 0.25) is 0 Å². The summed E-state index contributed by atoms with van der Waals surface area (Å²) in [6.07, 6.45) is -2.21. The van der Waals surface area contributed by atoms with E-state index in [4.69, 9.17) is 4.42 Å². The minimum absolute atomic E-state index is 0.0868. The lowest BCUT2D eigenvalue weighted by Gasteiger charge is -2.34. The number of halogens is 3. The smallest absolute Gasteiger partial charge is 0.451 e. The van der Waals surface area contributed by atoms with Crippen molar-refractivity contribution >= 4 is 32.6 Å². The van der Waals surface area contributed by atoms with Crippen molar-refractivity contribution in [1.82, 2.24) is 20.0 Å². The molecule has 0 spiro atoms. The monoisotopic (exact) mass is 698 g/mol. The van der Waals surface area contributed by atoms with Crippen LogP contribution in [0.3, 0.4) is 0 Å². The lowest BCUT2D eigenvalue weighted by Crippen LogP contribution is -2.48. The number of rotatable bonds is 9. The summed E-state index contributed by atoms with van der Waals surface area (Å²) in [7, 11) is -3.29. The van der Waals surface area contributed by atoms with Gasteiger partial charge in [0.1, 0.15) is 11.3 Å². The van der Waals surface area contributed by atoms with Gasteiger partial charge in [-0.3, -0.25) is 19.4 Å². The van der Waals surface area contributed by atoms with Gasteiger partial charge in [-0.25, -0.2) is 8.42 Å². The summed E-state index contributed by atoms with van der Waals surface area (Å²) in [5.41, 5.74) is 2.61. The highest BCUT2D eigenvalue weighted by Gasteiger charge is 2.31. The average molecular weight is 699 g/mol. The number of furan rings is 1. The number of piperidine rings is 1. The number of hydrogen-bond donors (Lipinski definition) is 1. The molecule has 3 aromatic carbocycles. The second-order valence-electron chi connectivity index (χ2n) is 12.6. The van der Waals surface area contributed by atoms with Crippen molar-refractivity contribution < 1.29 is 40.3 Å². The third kappa shape index (κ3) is 8.99. The summed E-state index contributed by atoms with van der Waals surface area (Å²) in [6.45, 7) is 4.73. The van der Waals surface area contributed by atoms with E-state index >= 15 is 0 Å². The molecule has 0 saturated carbocycles. The molecule has 2 saturated heterocycles. The Morgan fingerprint density at radius 3 is 2.18 bits per heavy atom. The SMILES string of the molecule is CS(=O)(=O)c1cccc(CN2CCN(C(=O)c3ccc4oc(C(=O)NC5CCN(Cc6cccc(OC(F)(F)F)c6)CC5)cc4c3)CC2)c1. The minimum Gasteiger partial charge on any atom is -0.451 e. The maximum Gasteiger partial charge on any atom is 0.573 e.